The number of carbonyl (C=O) groups excluding carboxylic acids is 2. The highest BCUT2D eigenvalue weighted by atomic mass is 32.2. The molecule has 2 aromatic carbocycles. The molecule has 152 valence electrons. The van der Waals surface area contributed by atoms with Gasteiger partial charge in [0.25, 0.3) is 0 Å². The summed E-state index contributed by atoms with van der Waals surface area (Å²) in [5, 5.41) is 8.90. The second-order valence-electron chi connectivity index (χ2n) is 6.49. The Bertz CT molecular complexity index is 1120. The number of ether oxygens (including phenoxy) is 2. The van der Waals surface area contributed by atoms with E-state index in [9.17, 15) is 9.59 Å². The van der Waals surface area contributed by atoms with Gasteiger partial charge in [-0.3, -0.25) is 14.5 Å². The van der Waals surface area contributed by atoms with Gasteiger partial charge in [-0.25, -0.2) is 0 Å². The second kappa shape index (κ2) is 8.11. The monoisotopic (exact) mass is 422 g/mol. The van der Waals surface area contributed by atoms with Gasteiger partial charge in [-0.2, -0.15) is 4.98 Å². The first kappa shape index (κ1) is 19.8. The number of nitrogens with zero attached hydrogens (tertiary/aromatic N) is 4. The predicted molar refractivity (Wildman–Crippen MR) is 111 cm³/mol. The molecule has 0 saturated heterocycles. The molecule has 0 bridgehead atoms. The zero-order valence-electron chi connectivity index (χ0n) is 16.5. The van der Waals surface area contributed by atoms with Gasteiger partial charge in [0.15, 0.2) is 5.69 Å². The van der Waals surface area contributed by atoms with Crippen LogP contribution in [0, 0.1) is 0 Å². The normalized spacial score (nSPS) is 14.8. The van der Waals surface area contributed by atoms with Crippen LogP contribution >= 0.6 is 11.8 Å². The summed E-state index contributed by atoms with van der Waals surface area (Å²) in [6.45, 7) is 2.81. The van der Waals surface area contributed by atoms with Crippen LogP contribution in [0.2, 0.25) is 0 Å². The molecule has 0 N–H and O–H groups in total. The third-order valence-corrected chi connectivity index (χ3v) is 5.00. The number of thioether (sulfide) groups is 1. The van der Waals surface area contributed by atoms with Crippen molar-refractivity contribution in [2.75, 3.05) is 11.2 Å². The smallest absolute Gasteiger partial charge is 0.308 e. The van der Waals surface area contributed by atoms with Gasteiger partial charge in [-0.05, 0) is 36.6 Å². The van der Waals surface area contributed by atoms with Gasteiger partial charge in [0, 0.05) is 25.0 Å². The lowest BCUT2D eigenvalue weighted by Gasteiger charge is -2.29. The molecule has 0 spiro atoms. The minimum absolute atomic E-state index is 0.206. The van der Waals surface area contributed by atoms with Gasteiger partial charge in [0.2, 0.25) is 23.2 Å². The van der Waals surface area contributed by atoms with Crippen LogP contribution in [0.25, 0.3) is 11.3 Å². The Morgan fingerprint density at radius 2 is 1.80 bits per heavy atom. The first-order chi connectivity index (χ1) is 14.5. The van der Waals surface area contributed by atoms with Crippen LogP contribution in [0.5, 0.6) is 11.6 Å². The molecule has 3 aromatic rings. The predicted octanol–water partition coefficient (Wildman–Crippen LogP) is 3.63. The fourth-order valence-electron chi connectivity index (χ4n) is 3.22. The summed E-state index contributed by atoms with van der Waals surface area (Å²) in [5.74, 6) is 0.0831. The van der Waals surface area contributed by atoms with Crippen LogP contribution in [0.15, 0.2) is 53.7 Å². The summed E-state index contributed by atoms with van der Waals surface area (Å²) in [6, 6.07) is 14.2. The van der Waals surface area contributed by atoms with Crippen LogP contribution in [-0.2, 0) is 9.59 Å². The highest BCUT2D eigenvalue weighted by Crippen LogP contribution is 2.43. The molecule has 1 atom stereocenters. The molecule has 30 heavy (non-hydrogen) atoms. The molecular formula is C21H18N4O4S. The molecule has 1 aliphatic heterocycles. The topological polar surface area (TPSA) is 94.5 Å². The van der Waals surface area contributed by atoms with E-state index in [1.54, 1.807) is 29.2 Å². The van der Waals surface area contributed by atoms with Gasteiger partial charge in [-0.15, -0.1) is 10.2 Å². The second-order valence-corrected chi connectivity index (χ2v) is 7.26. The van der Waals surface area contributed by atoms with E-state index < -0.39 is 12.2 Å². The molecule has 0 saturated carbocycles. The molecule has 9 heteroatoms. The van der Waals surface area contributed by atoms with E-state index in [0.29, 0.717) is 39.3 Å². The van der Waals surface area contributed by atoms with Gasteiger partial charge in [0.05, 0.1) is 5.69 Å². The van der Waals surface area contributed by atoms with Crippen molar-refractivity contribution in [3.05, 3.63) is 54.1 Å². The number of aromatic nitrogens is 3. The van der Waals surface area contributed by atoms with E-state index in [2.05, 4.69) is 15.2 Å². The molecule has 1 amide bonds. The largest absolute Gasteiger partial charge is 0.447 e. The number of benzene rings is 2. The van der Waals surface area contributed by atoms with E-state index >= 15 is 0 Å². The van der Waals surface area contributed by atoms with Crippen LogP contribution in [0.1, 0.15) is 25.6 Å². The third-order valence-electron chi connectivity index (χ3n) is 4.46. The van der Waals surface area contributed by atoms with Crippen molar-refractivity contribution in [1.29, 1.82) is 0 Å². The van der Waals surface area contributed by atoms with E-state index in [0.717, 1.165) is 0 Å². The molecule has 1 aromatic heterocycles. The van der Waals surface area contributed by atoms with E-state index in [-0.39, 0.29) is 5.91 Å². The van der Waals surface area contributed by atoms with Crippen molar-refractivity contribution in [3.63, 3.8) is 0 Å². The molecule has 8 nitrogen and oxygen atoms in total. The average Bonchev–Trinajstić information content (AvgIpc) is 2.88. The summed E-state index contributed by atoms with van der Waals surface area (Å²) >= 11 is 1.35. The summed E-state index contributed by atoms with van der Waals surface area (Å²) < 4.78 is 11.3. The third kappa shape index (κ3) is 3.71. The summed E-state index contributed by atoms with van der Waals surface area (Å²) in [7, 11) is 0. The Labute approximate surface area is 177 Å². The lowest BCUT2D eigenvalue weighted by atomic mass is 10.1. The molecule has 2 heterocycles. The van der Waals surface area contributed by atoms with Crippen molar-refractivity contribution < 1.29 is 19.1 Å². The number of hydrogen-bond donors (Lipinski definition) is 0. The fourth-order valence-corrected chi connectivity index (χ4v) is 3.52. The SMILES string of the molecule is CSc1nnc2c(n1)O[C@H](c1ccc(OC(C)=O)cc1)N(C(C)=O)c1ccccc1-2. The van der Waals surface area contributed by atoms with Crippen molar-refractivity contribution in [2.45, 2.75) is 25.2 Å². The Morgan fingerprint density at radius 3 is 2.47 bits per heavy atom. The van der Waals surface area contributed by atoms with Crippen LogP contribution in [-0.4, -0.2) is 33.3 Å². The van der Waals surface area contributed by atoms with E-state index in [4.69, 9.17) is 9.47 Å². The van der Waals surface area contributed by atoms with Gasteiger partial charge >= 0.3 is 5.97 Å². The standard InChI is InChI=1S/C21H18N4O4S/c1-12(26)25-17-7-5-4-6-16(17)18-19(22-21(30-3)24-23-18)29-20(25)14-8-10-15(11-9-14)28-13(2)27/h4-11,20H,1-3H3/t20-/m1/s1. The minimum atomic E-state index is -0.789. The number of hydrogen-bond acceptors (Lipinski definition) is 8. The van der Waals surface area contributed by atoms with Crippen molar-refractivity contribution >= 4 is 29.3 Å². The lowest BCUT2D eigenvalue weighted by Crippen LogP contribution is -2.36. The Balaban J connectivity index is 1.87. The molecule has 0 radical (unpaired) electrons. The quantitative estimate of drug-likeness (QED) is 0.359. The highest BCUT2D eigenvalue weighted by Gasteiger charge is 2.34. The van der Waals surface area contributed by atoms with E-state index in [1.165, 1.54) is 25.6 Å². The van der Waals surface area contributed by atoms with Gasteiger partial charge in [0.1, 0.15) is 5.75 Å². The minimum Gasteiger partial charge on any atom is -0.447 e. The van der Waals surface area contributed by atoms with Crippen molar-refractivity contribution in [1.82, 2.24) is 15.2 Å². The van der Waals surface area contributed by atoms with Crippen LogP contribution in [0.4, 0.5) is 5.69 Å². The number of para-hydroxylation sites is 1. The number of fused-ring (bicyclic) bond motifs is 3. The van der Waals surface area contributed by atoms with E-state index in [1.807, 2.05) is 30.5 Å². The van der Waals surface area contributed by atoms with Crippen molar-refractivity contribution in [2.24, 2.45) is 0 Å². The maximum absolute atomic E-state index is 12.7. The summed E-state index contributed by atoms with van der Waals surface area (Å²) in [4.78, 5) is 29.9. The maximum atomic E-state index is 12.7. The molecule has 1 aliphatic rings. The maximum Gasteiger partial charge on any atom is 0.308 e. The number of rotatable bonds is 3. The molecule has 0 aliphatic carbocycles. The number of amides is 1. The Kier molecular flexibility index (Phi) is 5.37. The first-order valence-electron chi connectivity index (χ1n) is 9.11. The number of esters is 1. The van der Waals surface area contributed by atoms with Crippen LogP contribution < -0.4 is 14.4 Å². The summed E-state index contributed by atoms with van der Waals surface area (Å²) in [6.07, 6.45) is 1.06. The fraction of sp³-hybridized carbons (Fsp3) is 0.190. The van der Waals surface area contributed by atoms with Gasteiger partial charge in [-0.1, -0.05) is 30.0 Å². The molecule has 4 rings (SSSR count). The number of carbonyl (C=O) groups is 2. The summed E-state index contributed by atoms with van der Waals surface area (Å²) in [5.41, 5.74) is 2.50. The Morgan fingerprint density at radius 1 is 1.07 bits per heavy atom. The first-order valence-corrected chi connectivity index (χ1v) is 10.3. The van der Waals surface area contributed by atoms with Crippen LogP contribution in [0.3, 0.4) is 0 Å². The van der Waals surface area contributed by atoms with Gasteiger partial charge < -0.3 is 9.47 Å². The average molecular weight is 422 g/mol. The molecule has 0 fully saturated rings. The highest BCUT2D eigenvalue weighted by molar-refractivity contribution is 7.98. The Hall–Kier alpha value is -3.46. The zero-order valence-corrected chi connectivity index (χ0v) is 17.3. The molecular weight excluding hydrogens is 404 g/mol. The molecule has 0 unspecified atom stereocenters. The zero-order chi connectivity index (χ0) is 21.3. The lowest BCUT2D eigenvalue weighted by molar-refractivity contribution is -0.131. The number of anilines is 1. The van der Waals surface area contributed by atoms with Crippen molar-refractivity contribution in [3.8, 4) is 22.9 Å².